The van der Waals surface area contributed by atoms with Gasteiger partial charge in [-0.2, -0.15) is 0 Å². The first-order chi connectivity index (χ1) is 29.1. The summed E-state index contributed by atoms with van der Waals surface area (Å²) < 4.78 is 6.85. The van der Waals surface area contributed by atoms with E-state index in [2.05, 4.69) is 171 Å². The Labute approximate surface area is 348 Å². The van der Waals surface area contributed by atoms with E-state index in [9.17, 15) is 0 Å². The highest BCUT2D eigenvalue weighted by atomic mass is 16.5. The summed E-state index contributed by atoms with van der Waals surface area (Å²) in [6.07, 6.45) is 12.4. The summed E-state index contributed by atoms with van der Waals surface area (Å²) in [4.78, 5) is 5.16. The number of ether oxygens (including phenoxy) is 1. The second-order valence-corrected chi connectivity index (χ2v) is 14.1. The van der Waals surface area contributed by atoms with Crippen molar-refractivity contribution in [3.05, 3.63) is 235 Å². The molecule has 3 heteroatoms. The topological polar surface area (TPSA) is 33.6 Å². The van der Waals surface area contributed by atoms with Crippen LogP contribution in [0, 0.1) is 0 Å². The summed E-state index contributed by atoms with van der Waals surface area (Å²) in [5, 5.41) is 3.51. The molecule has 3 nitrogen and oxygen atoms in total. The van der Waals surface area contributed by atoms with E-state index in [1.165, 1.54) is 11.1 Å². The Morgan fingerprint density at radius 2 is 1.15 bits per heavy atom. The van der Waals surface area contributed by atoms with E-state index in [1.54, 1.807) is 0 Å². The van der Waals surface area contributed by atoms with Crippen molar-refractivity contribution >= 4 is 28.7 Å². The molecule has 0 unspecified atom stereocenters. The van der Waals surface area contributed by atoms with Crippen molar-refractivity contribution in [1.82, 2.24) is 0 Å². The van der Waals surface area contributed by atoms with Crippen molar-refractivity contribution in [1.29, 1.82) is 0 Å². The van der Waals surface area contributed by atoms with Crippen molar-refractivity contribution in [2.45, 2.75) is 20.8 Å². The number of benzene rings is 7. The molecule has 2 aliphatic rings. The number of hydrogen-bond donors (Lipinski definition) is 1. The van der Waals surface area contributed by atoms with Crippen LogP contribution in [0.15, 0.2) is 218 Å². The largest absolute Gasteiger partial charge is 0.454 e. The van der Waals surface area contributed by atoms with Crippen LogP contribution in [0.25, 0.3) is 61.9 Å². The fourth-order valence-electron chi connectivity index (χ4n) is 7.58. The number of fused-ring (bicyclic) bond motifs is 4. The van der Waals surface area contributed by atoms with Crippen LogP contribution >= 0.6 is 0 Å². The third-order valence-corrected chi connectivity index (χ3v) is 10.5. The molecule has 0 atom stereocenters. The second kappa shape index (κ2) is 17.8. The molecule has 0 amide bonds. The number of nitrogens with one attached hydrogen (secondary N) is 1. The molecule has 0 bridgehead atoms. The predicted octanol–water partition coefficient (Wildman–Crippen LogP) is 15.2. The highest BCUT2D eigenvalue weighted by Crippen LogP contribution is 2.43. The Balaban J connectivity index is 0.00000238. The Bertz CT molecular complexity index is 2800. The maximum absolute atomic E-state index is 6.85. The standard InChI is InChI=1S/C54H40N2O.C2H6/c1-37(42-24-15-25-43(34-42)40-20-10-6-11-21-40)54-53(56-38(2)39-18-8-5-9-19-39)49-32-31-45(36-51(49)57-54)44-26-16-27-46(35-44)47-29-17-23-41-22-7-3-4-14-33-55-50-30-13-12-28-48(50)52(41)47;1-2/h3-36,55H,2H2,1H3;1-2H3/b4-3-,22-7-,33-14+,54-37-,56-53?;. The van der Waals surface area contributed by atoms with Crippen LogP contribution in [0.5, 0.6) is 5.75 Å². The summed E-state index contributed by atoms with van der Waals surface area (Å²) in [6.45, 7) is 10.5. The third-order valence-electron chi connectivity index (χ3n) is 10.5. The van der Waals surface area contributed by atoms with Crippen LogP contribution in [0.2, 0.25) is 0 Å². The van der Waals surface area contributed by atoms with Crippen LogP contribution < -0.4 is 10.1 Å². The van der Waals surface area contributed by atoms with Crippen molar-refractivity contribution in [3.63, 3.8) is 0 Å². The molecule has 7 aromatic carbocycles. The molecule has 7 aromatic rings. The Kier molecular flexibility index (Phi) is 11.6. The molecule has 0 radical (unpaired) electrons. The molecule has 0 aliphatic carbocycles. The highest BCUT2D eigenvalue weighted by Gasteiger charge is 2.29. The molecular weight excluding hydrogens is 717 g/mol. The van der Waals surface area contributed by atoms with Crippen molar-refractivity contribution in [2.24, 2.45) is 4.99 Å². The molecule has 2 aliphatic heterocycles. The van der Waals surface area contributed by atoms with Gasteiger partial charge in [-0.25, -0.2) is 4.99 Å². The predicted molar refractivity (Wildman–Crippen MR) is 252 cm³/mol. The molecule has 286 valence electrons. The van der Waals surface area contributed by atoms with Gasteiger partial charge in [0.25, 0.3) is 0 Å². The van der Waals surface area contributed by atoms with Crippen molar-refractivity contribution in [2.75, 3.05) is 5.32 Å². The Morgan fingerprint density at radius 1 is 0.525 bits per heavy atom. The zero-order valence-electron chi connectivity index (χ0n) is 33.7. The highest BCUT2D eigenvalue weighted by molar-refractivity contribution is 6.21. The SMILES string of the molecule is C=C(N=C1/C(=C(\C)c2cccc(-c3ccccc3)c2)Oc2cc(-c3cccc(-c4cccc5c4-c4ccccc4N/C=C/C=C\C=C/5)c3)ccc21)c1ccccc1.CC. The molecule has 0 fully saturated rings. The quantitative estimate of drug-likeness (QED) is 0.183. The normalized spacial score (nSPS) is 15.7. The second-order valence-electron chi connectivity index (χ2n) is 14.1. The molecule has 1 N–H and O–H groups in total. The van der Waals surface area contributed by atoms with E-state index in [-0.39, 0.29) is 0 Å². The maximum Gasteiger partial charge on any atom is 0.157 e. The number of anilines is 1. The Hall–Kier alpha value is -7.49. The van der Waals surface area contributed by atoms with Gasteiger partial charge in [-0.3, -0.25) is 0 Å². The van der Waals surface area contributed by atoms with E-state index in [0.717, 1.165) is 84.1 Å². The molecule has 59 heavy (non-hydrogen) atoms. The summed E-state index contributed by atoms with van der Waals surface area (Å²) in [7, 11) is 0. The summed E-state index contributed by atoms with van der Waals surface area (Å²) in [5.74, 6) is 1.50. The molecule has 0 aromatic heterocycles. The van der Waals surface area contributed by atoms with E-state index < -0.39 is 0 Å². The minimum atomic E-state index is 0.681. The van der Waals surface area contributed by atoms with Crippen LogP contribution in [-0.4, -0.2) is 5.71 Å². The van der Waals surface area contributed by atoms with Crippen molar-refractivity contribution in [3.8, 4) is 50.3 Å². The number of nitrogens with zero attached hydrogens (tertiary/aromatic N) is 1. The minimum absolute atomic E-state index is 0.681. The number of allylic oxidation sites excluding steroid dienone is 6. The van der Waals surface area contributed by atoms with Gasteiger partial charge in [0.2, 0.25) is 0 Å². The van der Waals surface area contributed by atoms with E-state index in [0.29, 0.717) is 5.70 Å². The van der Waals surface area contributed by atoms with Gasteiger partial charge in [-0.15, -0.1) is 0 Å². The lowest BCUT2D eigenvalue weighted by molar-refractivity contribution is 0.471. The van der Waals surface area contributed by atoms with Crippen LogP contribution in [0.1, 0.15) is 43.0 Å². The van der Waals surface area contributed by atoms with Gasteiger partial charge in [0.05, 0.1) is 5.70 Å². The van der Waals surface area contributed by atoms with Gasteiger partial charge < -0.3 is 10.1 Å². The fourth-order valence-corrected chi connectivity index (χ4v) is 7.58. The van der Waals surface area contributed by atoms with Crippen LogP contribution in [0.3, 0.4) is 0 Å². The average molecular weight is 763 g/mol. The lowest BCUT2D eigenvalue weighted by Gasteiger charge is -2.18. The molecule has 9 rings (SSSR count). The lowest BCUT2D eigenvalue weighted by Crippen LogP contribution is -2.04. The van der Waals surface area contributed by atoms with Crippen LogP contribution in [-0.2, 0) is 0 Å². The smallest absolute Gasteiger partial charge is 0.157 e. The van der Waals surface area contributed by atoms with Crippen LogP contribution in [0.4, 0.5) is 5.69 Å². The van der Waals surface area contributed by atoms with Gasteiger partial charge >= 0.3 is 0 Å². The minimum Gasteiger partial charge on any atom is -0.454 e. The molecule has 0 saturated heterocycles. The van der Waals surface area contributed by atoms with Gasteiger partial charge in [0.1, 0.15) is 11.5 Å². The third kappa shape index (κ3) is 8.18. The van der Waals surface area contributed by atoms with Gasteiger partial charge in [0, 0.05) is 28.6 Å². The number of hydrogen-bond acceptors (Lipinski definition) is 3. The van der Waals surface area contributed by atoms with Crippen molar-refractivity contribution < 1.29 is 4.74 Å². The monoisotopic (exact) mass is 762 g/mol. The molecule has 0 spiro atoms. The fraction of sp³-hybridized carbons (Fsp3) is 0.0536. The van der Waals surface area contributed by atoms with Gasteiger partial charge in [-0.05, 0) is 99.0 Å². The van der Waals surface area contributed by atoms with Gasteiger partial charge in [0.15, 0.2) is 5.76 Å². The molecule has 2 heterocycles. The Morgan fingerprint density at radius 3 is 1.98 bits per heavy atom. The maximum atomic E-state index is 6.85. The zero-order chi connectivity index (χ0) is 40.6. The zero-order valence-corrected chi connectivity index (χ0v) is 33.7. The number of rotatable bonds is 6. The first-order valence-corrected chi connectivity index (χ1v) is 20.2. The summed E-state index contributed by atoms with van der Waals surface area (Å²) in [5.41, 5.74) is 16.7. The number of aliphatic imine (C=N–C) groups is 1. The van der Waals surface area contributed by atoms with Gasteiger partial charge in [-0.1, -0.05) is 184 Å². The van der Waals surface area contributed by atoms with E-state index in [1.807, 2.05) is 68.6 Å². The van der Waals surface area contributed by atoms with E-state index in [4.69, 9.17) is 9.73 Å². The number of para-hydroxylation sites is 1. The summed E-state index contributed by atoms with van der Waals surface area (Å²) >= 11 is 0. The first-order valence-electron chi connectivity index (χ1n) is 20.2. The summed E-state index contributed by atoms with van der Waals surface area (Å²) in [6, 6.07) is 59.4. The lowest BCUT2D eigenvalue weighted by atomic mass is 9.88. The molecule has 0 saturated carbocycles. The molecular formula is C56H46N2O. The van der Waals surface area contributed by atoms with E-state index >= 15 is 0 Å². The average Bonchev–Trinajstić information content (AvgIpc) is 3.65. The first kappa shape index (κ1) is 38.4.